The van der Waals surface area contributed by atoms with Crippen molar-refractivity contribution < 1.29 is 43.2 Å². The van der Waals surface area contributed by atoms with Gasteiger partial charge in [0.1, 0.15) is 17.8 Å². The zero-order chi connectivity index (χ0) is 30.4. The van der Waals surface area contributed by atoms with E-state index in [1.54, 1.807) is 0 Å². The van der Waals surface area contributed by atoms with Gasteiger partial charge >= 0.3 is 19.8 Å². The molecule has 1 saturated carbocycles. The summed E-state index contributed by atoms with van der Waals surface area (Å²) in [5.41, 5.74) is 0.534. The van der Waals surface area contributed by atoms with E-state index < -0.39 is 43.7 Å². The smallest absolute Gasteiger partial charge is 0.481 e. The number of carbonyl (C=O) groups excluding carboxylic acids is 3. The van der Waals surface area contributed by atoms with Crippen LogP contribution in [0.25, 0.3) is 0 Å². The number of unbranched alkanes of at least 4 members (excludes halogenated alkanes) is 1. The Bertz CT molecular complexity index is 1060. The van der Waals surface area contributed by atoms with E-state index in [-0.39, 0.29) is 25.0 Å². The highest BCUT2D eigenvalue weighted by Gasteiger charge is 2.28. The molecule has 0 spiro atoms. The Labute approximate surface area is 240 Å². The van der Waals surface area contributed by atoms with Crippen molar-refractivity contribution in [3.8, 4) is 5.75 Å². The highest BCUT2D eigenvalue weighted by atomic mass is 31.2. The number of benzene rings is 1. The van der Waals surface area contributed by atoms with Crippen LogP contribution in [0.5, 0.6) is 5.75 Å². The third-order valence-corrected chi connectivity index (χ3v) is 7.40. The summed E-state index contributed by atoms with van der Waals surface area (Å²) < 4.78 is 15.6. The van der Waals surface area contributed by atoms with Crippen LogP contribution >= 0.6 is 7.82 Å². The van der Waals surface area contributed by atoms with Crippen LogP contribution in [0.15, 0.2) is 24.3 Å². The quantitative estimate of drug-likeness (QED) is 0.122. The molecule has 0 bridgehead atoms. The molecule has 0 saturated heterocycles. The highest BCUT2D eigenvalue weighted by Crippen LogP contribution is 2.37. The van der Waals surface area contributed by atoms with Crippen molar-refractivity contribution in [1.29, 1.82) is 0 Å². The van der Waals surface area contributed by atoms with Gasteiger partial charge in [-0.1, -0.05) is 57.1 Å². The molecule has 6 N–H and O–H groups in total. The molecule has 14 heteroatoms. The molecule has 41 heavy (non-hydrogen) atoms. The number of urea groups is 1. The van der Waals surface area contributed by atoms with Gasteiger partial charge in [-0.05, 0) is 36.5 Å². The Morgan fingerprint density at radius 1 is 0.976 bits per heavy atom. The van der Waals surface area contributed by atoms with Crippen molar-refractivity contribution in [2.24, 2.45) is 5.92 Å². The molecule has 4 amide bonds. The van der Waals surface area contributed by atoms with Crippen LogP contribution in [0.4, 0.5) is 4.79 Å². The van der Waals surface area contributed by atoms with E-state index in [9.17, 15) is 23.7 Å². The fourth-order valence-corrected chi connectivity index (χ4v) is 5.12. The minimum absolute atomic E-state index is 0.0178. The maximum absolute atomic E-state index is 13.3. The third kappa shape index (κ3) is 13.8. The number of carboxylic acid groups (broad SMARTS) is 1. The Kier molecular flexibility index (Phi) is 14.1. The monoisotopic (exact) mass is 598 g/mol. The number of nitrogens with one attached hydrogen (secondary N) is 3. The topological polar surface area (TPSA) is 195 Å². The second kappa shape index (κ2) is 17.0. The van der Waals surface area contributed by atoms with E-state index in [0.29, 0.717) is 12.1 Å². The van der Waals surface area contributed by atoms with E-state index >= 15 is 0 Å². The summed E-state index contributed by atoms with van der Waals surface area (Å²) in [6.45, 7) is 0.412. The fourth-order valence-electron chi connectivity index (χ4n) is 4.72. The second-order valence-corrected chi connectivity index (χ2v) is 11.8. The summed E-state index contributed by atoms with van der Waals surface area (Å²) in [4.78, 5) is 69.0. The molecule has 1 aromatic rings. The van der Waals surface area contributed by atoms with Crippen molar-refractivity contribution in [2.45, 2.75) is 82.7 Å². The molecule has 2 atom stereocenters. The van der Waals surface area contributed by atoms with E-state index in [2.05, 4.69) is 20.5 Å². The number of carboxylic acids is 1. The Hall–Kier alpha value is -3.15. The maximum atomic E-state index is 13.3. The SMILES string of the molecule is CN(C)C(=O)N[C@@H](Cc1ccc(OP(=O)(O)O)cc1)C(=O)N[C@@H](CCC(=O)O)C(=O)NCCCCC1CCCCC1. The molecular formula is C27H43N4O9P. The zero-order valence-corrected chi connectivity index (χ0v) is 24.6. The van der Waals surface area contributed by atoms with E-state index in [1.165, 1.54) is 75.4 Å². The second-order valence-electron chi connectivity index (χ2n) is 10.6. The molecule has 1 aliphatic carbocycles. The molecule has 1 aliphatic rings. The number of hydrogen-bond donors (Lipinski definition) is 6. The van der Waals surface area contributed by atoms with Gasteiger partial charge < -0.3 is 30.5 Å². The van der Waals surface area contributed by atoms with E-state index in [4.69, 9.17) is 14.9 Å². The van der Waals surface area contributed by atoms with Crippen molar-refractivity contribution in [3.05, 3.63) is 29.8 Å². The van der Waals surface area contributed by atoms with Crippen LogP contribution < -0.4 is 20.5 Å². The first-order valence-corrected chi connectivity index (χ1v) is 15.5. The summed E-state index contributed by atoms with van der Waals surface area (Å²) in [6.07, 6.45) is 8.77. The van der Waals surface area contributed by atoms with E-state index in [1.807, 2.05) is 0 Å². The molecule has 0 aromatic heterocycles. The maximum Gasteiger partial charge on any atom is 0.524 e. The molecule has 0 unspecified atom stereocenters. The largest absolute Gasteiger partial charge is 0.524 e. The molecule has 0 heterocycles. The van der Waals surface area contributed by atoms with Crippen LogP contribution in [0.3, 0.4) is 0 Å². The number of aliphatic carboxylic acids is 1. The lowest BCUT2D eigenvalue weighted by Crippen LogP contribution is -2.55. The lowest BCUT2D eigenvalue weighted by atomic mass is 9.86. The third-order valence-electron chi connectivity index (χ3n) is 6.95. The standard InChI is InChI=1S/C27H43N4O9P/c1-31(2)27(36)30-23(18-20-11-13-21(14-12-20)40-41(37,38)39)26(35)29-22(15-16-24(32)33)25(34)28-17-7-6-10-19-8-4-3-5-9-19/h11-14,19,22-23H,3-10,15-18H2,1-2H3,(H,28,34)(H,29,35)(H,30,36)(H,32,33)(H2,37,38,39)/t22-,23-/m0/s1. The molecule has 2 rings (SSSR count). The van der Waals surface area contributed by atoms with Crippen molar-refractivity contribution in [1.82, 2.24) is 20.9 Å². The average Bonchev–Trinajstić information content (AvgIpc) is 2.90. The number of amides is 4. The van der Waals surface area contributed by atoms with Gasteiger partial charge in [-0.25, -0.2) is 9.36 Å². The normalized spacial score (nSPS) is 15.3. The summed E-state index contributed by atoms with van der Waals surface area (Å²) in [5.74, 6) is -1.62. The van der Waals surface area contributed by atoms with Gasteiger partial charge in [0.05, 0.1) is 0 Å². The van der Waals surface area contributed by atoms with Crippen molar-refractivity contribution in [3.63, 3.8) is 0 Å². The first kappa shape index (κ1) is 34.1. The lowest BCUT2D eigenvalue weighted by molar-refractivity contribution is -0.138. The number of rotatable bonds is 16. The average molecular weight is 599 g/mol. The number of nitrogens with zero attached hydrogens (tertiary/aromatic N) is 1. The summed E-state index contributed by atoms with van der Waals surface area (Å²) >= 11 is 0. The van der Waals surface area contributed by atoms with Crippen LogP contribution in [0.1, 0.15) is 69.8 Å². The zero-order valence-electron chi connectivity index (χ0n) is 23.7. The molecule has 0 radical (unpaired) electrons. The van der Waals surface area contributed by atoms with Gasteiger partial charge in [-0.15, -0.1) is 0 Å². The van der Waals surface area contributed by atoms with Gasteiger partial charge in [0.25, 0.3) is 0 Å². The van der Waals surface area contributed by atoms with Crippen LogP contribution in [0.2, 0.25) is 0 Å². The fraction of sp³-hybridized carbons (Fsp3) is 0.630. The van der Waals surface area contributed by atoms with Gasteiger partial charge in [0.2, 0.25) is 11.8 Å². The number of carbonyl (C=O) groups is 4. The number of hydrogen-bond acceptors (Lipinski definition) is 6. The first-order chi connectivity index (χ1) is 19.3. The van der Waals surface area contributed by atoms with Crippen LogP contribution in [0, 0.1) is 5.92 Å². The molecule has 13 nitrogen and oxygen atoms in total. The van der Waals surface area contributed by atoms with Gasteiger partial charge in [0.15, 0.2) is 0 Å². The van der Waals surface area contributed by atoms with E-state index in [0.717, 1.165) is 25.2 Å². The molecule has 1 fully saturated rings. The Morgan fingerprint density at radius 2 is 1.63 bits per heavy atom. The van der Waals surface area contributed by atoms with Gasteiger partial charge in [-0.2, -0.15) is 0 Å². The molecule has 0 aliphatic heterocycles. The predicted molar refractivity (Wildman–Crippen MR) is 151 cm³/mol. The predicted octanol–water partition coefficient (Wildman–Crippen LogP) is 2.56. The highest BCUT2D eigenvalue weighted by molar-refractivity contribution is 7.46. The first-order valence-electron chi connectivity index (χ1n) is 14.0. The summed E-state index contributed by atoms with van der Waals surface area (Å²) in [5, 5.41) is 17.1. The van der Waals surface area contributed by atoms with Crippen molar-refractivity contribution in [2.75, 3.05) is 20.6 Å². The minimum Gasteiger partial charge on any atom is -0.481 e. The molecule has 230 valence electrons. The van der Waals surface area contributed by atoms with Crippen LogP contribution in [-0.2, 0) is 25.4 Å². The van der Waals surface area contributed by atoms with Gasteiger partial charge in [0, 0.05) is 33.5 Å². The lowest BCUT2D eigenvalue weighted by Gasteiger charge is -2.24. The van der Waals surface area contributed by atoms with Crippen LogP contribution in [-0.4, -0.2) is 76.3 Å². The Morgan fingerprint density at radius 3 is 2.22 bits per heavy atom. The Balaban J connectivity index is 2.03. The minimum atomic E-state index is -4.74. The molecule has 1 aromatic carbocycles. The number of phosphoric acid groups is 1. The van der Waals surface area contributed by atoms with Crippen molar-refractivity contribution >= 4 is 31.6 Å². The number of phosphoric ester groups is 1. The summed E-state index contributed by atoms with van der Waals surface area (Å²) in [6, 6.07) is 2.78. The summed E-state index contributed by atoms with van der Waals surface area (Å²) in [7, 11) is -1.75. The van der Waals surface area contributed by atoms with Gasteiger partial charge in [-0.3, -0.25) is 24.2 Å². The molecular weight excluding hydrogens is 555 g/mol.